The molecule has 0 radical (unpaired) electrons. The Morgan fingerprint density at radius 2 is 2.24 bits per heavy atom. The van der Waals surface area contributed by atoms with Crippen LogP contribution in [0.1, 0.15) is 33.1 Å². The minimum atomic E-state index is -0.288. The molecule has 1 saturated heterocycles. The van der Waals surface area contributed by atoms with Crippen molar-refractivity contribution in [2.24, 2.45) is 11.8 Å². The van der Waals surface area contributed by atoms with E-state index in [1.54, 1.807) is 7.11 Å². The minimum Gasteiger partial charge on any atom is -0.377 e. The van der Waals surface area contributed by atoms with Crippen LogP contribution in [0.15, 0.2) is 0 Å². The van der Waals surface area contributed by atoms with Crippen molar-refractivity contribution in [3.63, 3.8) is 0 Å². The number of nitrogens with one attached hydrogen (secondary N) is 2. The monoisotopic (exact) mass is 240 g/mol. The molecule has 2 fully saturated rings. The lowest BCUT2D eigenvalue weighted by atomic mass is 9.93. The van der Waals surface area contributed by atoms with Gasteiger partial charge in [0.15, 0.2) is 0 Å². The first-order chi connectivity index (χ1) is 8.03. The van der Waals surface area contributed by atoms with E-state index in [9.17, 15) is 4.79 Å². The van der Waals surface area contributed by atoms with Crippen molar-refractivity contribution in [1.82, 2.24) is 10.6 Å². The van der Waals surface area contributed by atoms with Gasteiger partial charge < -0.3 is 15.4 Å². The summed E-state index contributed by atoms with van der Waals surface area (Å²) < 4.78 is 5.30. The highest BCUT2D eigenvalue weighted by atomic mass is 16.5. The summed E-state index contributed by atoms with van der Waals surface area (Å²) in [5.74, 6) is 1.42. The van der Waals surface area contributed by atoms with Crippen LogP contribution in [0.25, 0.3) is 0 Å². The van der Waals surface area contributed by atoms with E-state index in [1.165, 1.54) is 19.3 Å². The highest BCUT2D eigenvalue weighted by molar-refractivity contribution is 5.82. The lowest BCUT2D eigenvalue weighted by molar-refractivity contribution is -0.125. The molecule has 1 amide bonds. The fraction of sp³-hybridized carbons (Fsp3) is 0.923. The van der Waals surface area contributed by atoms with Crippen molar-refractivity contribution >= 4 is 5.91 Å². The maximum absolute atomic E-state index is 12.1. The van der Waals surface area contributed by atoms with Crippen molar-refractivity contribution in [3.8, 4) is 0 Å². The smallest absolute Gasteiger partial charge is 0.237 e. The first-order valence-electron chi connectivity index (χ1n) is 6.60. The van der Waals surface area contributed by atoms with E-state index < -0.39 is 0 Å². The van der Waals surface area contributed by atoms with E-state index >= 15 is 0 Å². The fourth-order valence-corrected chi connectivity index (χ4v) is 2.96. The summed E-state index contributed by atoms with van der Waals surface area (Å²) in [5, 5.41) is 6.36. The third kappa shape index (κ3) is 2.80. The van der Waals surface area contributed by atoms with Crippen molar-refractivity contribution in [2.45, 2.75) is 44.8 Å². The van der Waals surface area contributed by atoms with Gasteiger partial charge >= 0.3 is 0 Å². The molecule has 1 aliphatic carbocycles. The molecule has 3 unspecified atom stereocenters. The number of carbonyl (C=O) groups excluding carboxylic acids is 1. The molecule has 2 rings (SSSR count). The van der Waals surface area contributed by atoms with Gasteiger partial charge in [0.2, 0.25) is 5.91 Å². The van der Waals surface area contributed by atoms with Crippen molar-refractivity contribution in [3.05, 3.63) is 0 Å². The summed E-state index contributed by atoms with van der Waals surface area (Å²) >= 11 is 0. The molecule has 4 nitrogen and oxygen atoms in total. The number of hydrogen-bond acceptors (Lipinski definition) is 3. The Labute approximate surface area is 103 Å². The molecule has 0 bridgehead atoms. The predicted octanol–water partition coefficient (Wildman–Crippen LogP) is 0.916. The summed E-state index contributed by atoms with van der Waals surface area (Å²) in [4.78, 5) is 12.1. The number of carbonyl (C=O) groups is 1. The Morgan fingerprint density at radius 1 is 1.47 bits per heavy atom. The molecule has 98 valence electrons. The first-order valence-corrected chi connectivity index (χ1v) is 6.60. The van der Waals surface area contributed by atoms with E-state index in [4.69, 9.17) is 4.74 Å². The van der Waals surface area contributed by atoms with Crippen LogP contribution in [0.2, 0.25) is 0 Å². The second-order valence-electron chi connectivity index (χ2n) is 5.92. The second-order valence-corrected chi connectivity index (χ2v) is 5.92. The van der Waals surface area contributed by atoms with E-state index in [0.717, 1.165) is 12.5 Å². The first kappa shape index (κ1) is 12.8. The molecule has 0 aromatic rings. The topological polar surface area (TPSA) is 50.4 Å². The quantitative estimate of drug-likeness (QED) is 0.768. The zero-order valence-electron chi connectivity index (χ0n) is 11.1. The summed E-state index contributed by atoms with van der Waals surface area (Å²) in [6.07, 6.45) is 3.76. The molecule has 4 heteroatoms. The summed E-state index contributed by atoms with van der Waals surface area (Å²) in [6, 6.07) is 0.0233. The van der Waals surface area contributed by atoms with Crippen molar-refractivity contribution in [2.75, 3.05) is 20.2 Å². The number of ether oxygens (including phenoxy) is 1. The molecule has 1 aliphatic heterocycles. The van der Waals surface area contributed by atoms with E-state index in [2.05, 4.69) is 10.6 Å². The number of methoxy groups -OCH3 is 1. The zero-order valence-corrected chi connectivity index (χ0v) is 11.1. The van der Waals surface area contributed by atoms with Gasteiger partial charge in [0, 0.05) is 13.7 Å². The molecular weight excluding hydrogens is 216 g/mol. The molecule has 1 heterocycles. The normalized spacial score (nSPS) is 32.5. The number of rotatable bonds is 4. The molecule has 0 spiro atoms. The van der Waals surface area contributed by atoms with Gasteiger partial charge in [-0.25, -0.2) is 0 Å². The lowest BCUT2D eigenvalue weighted by Crippen LogP contribution is -2.48. The third-order valence-electron chi connectivity index (χ3n) is 4.27. The molecule has 0 aromatic heterocycles. The summed E-state index contributed by atoms with van der Waals surface area (Å²) in [5.41, 5.74) is -0.288. The van der Waals surface area contributed by atoms with Crippen LogP contribution in [0.3, 0.4) is 0 Å². The molecule has 0 aromatic carbocycles. The van der Waals surface area contributed by atoms with Crippen LogP contribution in [0, 0.1) is 11.8 Å². The fourth-order valence-electron chi connectivity index (χ4n) is 2.96. The van der Waals surface area contributed by atoms with E-state index in [-0.39, 0.29) is 17.6 Å². The average molecular weight is 240 g/mol. The highest BCUT2D eigenvalue weighted by Crippen LogP contribution is 2.37. The van der Waals surface area contributed by atoms with Crippen LogP contribution < -0.4 is 10.6 Å². The van der Waals surface area contributed by atoms with Crippen LogP contribution in [0.4, 0.5) is 0 Å². The van der Waals surface area contributed by atoms with Crippen LogP contribution in [-0.2, 0) is 9.53 Å². The Balaban J connectivity index is 1.84. The summed E-state index contributed by atoms with van der Waals surface area (Å²) in [7, 11) is 1.67. The van der Waals surface area contributed by atoms with Gasteiger partial charge in [-0.15, -0.1) is 0 Å². The Bertz CT molecular complexity index is 291. The Hall–Kier alpha value is -0.610. The maximum Gasteiger partial charge on any atom is 0.237 e. The van der Waals surface area contributed by atoms with Gasteiger partial charge in [0.1, 0.15) is 0 Å². The van der Waals surface area contributed by atoms with Crippen molar-refractivity contribution in [1.29, 1.82) is 0 Å². The molecule has 2 aliphatic rings. The van der Waals surface area contributed by atoms with Crippen molar-refractivity contribution < 1.29 is 9.53 Å². The zero-order chi connectivity index (χ0) is 12.5. The minimum absolute atomic E-state index is 0.0233. The Kier molecular flexibility index (Phi) is 3.73. The largest absolute Gasteiger partial charge is 0.377 e. The van der Waals surface area contributed by atoms with Crippen LogP contribution in [-0.4, -0.2) is 37.7 Å². The third-order valence-corrected chi connectivity index (χ3v) is 4.27. The second kappa shape index (κ2) is 4.94. The van der Waals surface area contributed by atoms with Gasteiger partial charge in [-0.05, 0) is 45.1 Å². The molecule has 2 N–H and O–H groups in total. The summed E-state index contributed by atoms with van der Waals surface area (Å²) in [6.45, 7) is 5.54. The molecule has 17 heavy (non-hydrogen) atoms. The van der Waals surface area contributed by atoms with E-state index in [0.29, 0.717) is 12.5 Å². The highest BCUT2D eigenvalue weighted by Gasteiger charge is 2.42. The maximum atomic E-state index is 12.1. The van der Waals surface area contributed by atoms with Gasteiger partial charge in [-0.3, -0.25) is 4.79 Å². The lowest BCUT2D eigenvalue weighted by Gasteiger charge is -2.25. The number of hydrogen-bond donors (Lipinski definition) is 2. The van der Waals surface area contributed by atoms with Gasteiger partial charge in [-0.2, -0.15) is 0 Å². The van der Waals surface area contributed by atoms with Crippen LogP contribution >= 0.6 is 0 Å². The molecular formula is C13H24N2O2. The van der Waals surface area contributed by atoms with Gasteiger partial charge in [0.25, 0.3) is 0 Å². The van der Waals surface area contributed by atoms with Crippen LogP contribution in [0.5, 0.6) is 0 Å². The number of fused-ring (bicyclic) bond motifs is 1. The van der Waals surface area contributed by atoms with E-state index in [1.807, 2.05) is 13.8 Å². The predicted molar refractivity (Wildman–Crippen MR) is 66.7 cm³/mol. The van der Waals surface area contributed by atoms with Gasteiger partial charge in [0.05, 0.1) is 11.6 Å². The standard InChI is InChI=1S/C13H24N2O2/c1-13(2,17-3)8-15-12(16)11-10-6-4-5-9(10)7-14-11/h9-11,14H,4-8H2,1-3H3,(H,15,16). The van der Waals surface area contributed by atoms with Gasteiger partial charge in [-0.1, -0.05) is 6.42 Å². The molecule has 1 saturated carbocycles. The SMILES string of the molecule is COC(C)(C)CNC(=O)C1NCC2CCCC21. The Morgan fingerprint density at radius 3 is 2.94 bits per heavy atom. The number of amides is 1. The average Bonchev–Trinajstić information content (AvgIpc) is 2.87. The molecule has 3 atom stereocenters.